The molecule has 0 aliphatic heterocycles. The minimum Gasteiger partial charge on any atom is -0.512 e. The van der Waals surface area contributed by atoms with Gasteiger partial charge in [0.05, 0.1) is 5.76 Å². The third-order valence-corrected chi connectivity index (χ3v) is 3.03. The molecule has 0 saturated carbocycles. The van der Waals surface area contributed by atoms with E-state index in [-0.39, 0.29) is 5.92 Å². The molecule has 0 amide bonds. The first kappa shape index (κ1) is 9.60. The van der Waals surface area contributed by atoms with Crippen LogP contribution in [0.5, 0.6) is 0 Å². The molecule has 1 atom stereocenters. The van der Waals surface area contributed by atoms with Crippen molar-refractivity contribution >= 4 is 11.6 Å². The van der Waals surface area contributed by atoms with Gasteiger partial charge >= 0.3 is 0 Å². The molecule has 0 bridgehead atoms. The fraction of sp³-hybridized carbons (Fsp3) is 0.333. The SMILES string of the molecule is OC1=CCCC[C@H]1c1ccccc1Cl. The minimum atomic E-state index is 0.109. The maximum atomic E-state index is 9.75. The highest BCUT2D eigenvalue weighted by Crippen LogP contribution is 2.35. The maximum absolute atomic E-state index is 9.75. The van der Waals surface area contributed by atoms with Gasteiger partial charge in [-0.1, -0.05) is 29.8 Å². The molecule has 2 heteroatoms. The van der Waals surface area contributed by atoms with Gasteiger partial charge in [0, 0.05) is 10.9 Å². The van der Waals surface area contributed by atoms with Crippen molar-refractivity contribution in [1.82, 2.24) is 0 Å². The summed E-state index contributed by atoms with van der Waals surface area (Å²) < 4.78 is 0. The van der Waals surface area contributed by atoms with Crippen molar-refractivity contribution in [2.24, 2.45) is 0 Å². The van der Waals surface area contributed by atoms with E-state index in [9.17, 15) is 5.11 Å². The van der Waals surface area contributed by atoms with Crippen molar-refractivity contribution in [3.63, 3.8) is 0 Å². The molecule has 1 aromatic rings. The minimum absolute atomic E-state index is 0.109. The highest BCUT2D eigenvalue weighted by atomic mass is 35.5. The van der Waals surface area contributed by atoms with Crippen LogP contribution in [0.15, 0.2) is 36.1 Å². The first-order valence-corrected chi connectivity index (χ1v) is 5.30. The molecule has 0 unspecified atom stereocenters. The van der Waals surface area contributed by atoms with Crippen molar-refractivity contribution in [2.45, 2.75) is 25.2 Å². The Kier molecular flexibility index (Phi) is 2.78. The fourth-order valence-electron chi connectivity index (χ4n) is 1.93. The van der Waals surface area contributed by atoms with Gasteiger partial charge < -0.3 is 5.11 Å². The van der Waals surface area contributed by atoms with Crippen LogP contribution in [0, 0.1) is 0 Å². The largest absolute Gasteiger partial charge is 0.512 e. The third-order valence-electron chi connectivity index (χ3n) is 2.69. The Morgan fingerprint density at radius 2 is 2.07 bits per heavy atom. The molecule has 0 radical (unpaired) electrons. The molecule has 1 aliphatic rings. The zero-order valence-electron chi connectivity index (χ0n) is 7.91. The van der Waals surface area contributed by atoms with E-state index in [0.29, 0.717) is 5.76 Å². The summed E-state index contributed by atoms with van der Waals surface area (Å²) in [4.78, 5) is 0. The van der Waals surface area contributed by atoms with Crippen molar-refractivity contribution in [3.8, 4) is 0 Å². The van der Waals surface area contributed by atoms with Gasteiger partial charge in [0.2, 0.25) is 0 Å². The van der Waals surface area contributed by atoms with E-state index in [0.717, 1.165) is 29.8 Å². The summed E-state index contributed by atoms with van der Waals surface area (Å²) in [5, 5.41) is 10.5. The van der Waals surface area contributed by atoms with Crippen LogP contribution in [0.25, 0.3) is 0 Å². The lowest BCUT2D eigenvalue weighted by molar-refractivity contribution is 0.342. The van der Waals surface area contributed by atoms with Gasteiger partial charge in [-0.3, -0.25) is 0 Å². The lowest BCUT2D eigenvalue weighted by Gasteiger charge is -2.21. The summed E-state index contributed by atoms with van der Waals surface area (Å²) in [6.07, 6.45) is 5.00. The average molecular weight is 209 g/mol. The van der Waals surface area contributed by atoms with Crippen LogP contribution in [-0.4, -0.2) is 5.11 Å². The maximum Gasteiger partial charge on any atom is 0.0958 e. The quantitative estimate of drug-likeness (QED) is 0.738. The van der Waals surface area contributed by atoms with Gasteiger partial charge in [0.1, 0.15) is 0 Å². The lowest BCUT2D eigenvalue weighted by atomic mass is 9.87. The van der Waals surface area contributed by atoms with Gasteiger partial charge in [-0.2, -0.15) is 0 Å². The number of allylic oxidation sites excluding steroid dienone is 2. The normalized spacial score (nSPS) is 21.8. The third kappa shape index (κ3) is 1.78. The lowest BCUT2D eigenvalue weighted by Crippen LogP contribution is -2.06. The smallest absolute Gasteiger partial charge is 0.0958 e. The summed E-state index contributed by atoms with van der Waals surface area (Å²) in [6, 6.07) is 7.74. The first-order valence-electron chi connectivity index (χ1n) is 4.92. The number of hydrogen-bond donors (Lipinski definition) is 1. The highest BCUT2D eigenvalue weighted by molar-refractivity contribution is 6.31. The highest BCUT2D eigenvalue weighted by Gasteiger charge is 2.20. The second-order valence-corrected chi connectivity index (χ2v) is 4.04. The number of rotatable bonds is 1. The Morgan fingerprint density at radius 3 is 2.79 bits per heavy atom. The van der Waals surface area contributed by atoms with Crippen LogP contribution in [0.4, 0.5) is 0 Å². The molecular formula is C12H13ClO. The van der Waals surface area contributed by atoms with Crippen molar-refractivity contribution in [2.75, 3.05) is 0 Å². The van der Waals surface area contributed by atoms with Gasteiger partial charge in [0.15, 0.2) is 0 Å². The fourth-order valence-corrected chi connectivity index (χ4v) is 2.20. The Bertz CT molecular complexity index is 357. The predicted octanol–water partition coefficient (Wildman–Crippen LogP) is 4.05. The van der Waals surface area contributed by atoms with E-state index in [1.54, 1.807) is 0 Å². The number of aliphatic hydroxyl groups is 1. The van der Waals surface area contributed by atoms with Crippen LogP contribution in [0.3, 0.4) is 0 Å². The zero-order chi connectivity index (χ0) is 9.97. The molecule has 0 spiro atoms. The molecule has 0 fully saturated rings. The Morgan fingerprint density at radius 1 is 1.29 bits per heavy atom. The van der Waals surface area contributed by atoms with Crippen molar-refractivity contribution in [3.05, 3.63) is 46.7 Å². The van der Waals surface area contributed by atoms with Crippen molar-refractivity contribution in [1.29, 1.82) is 0 Å². The van der Waals surface area contributed by atoms with E-state index in [1.807, 2.05) is 30.3 Å². The van der Waals surface area contributed by atoms with Crippen LogP contribution in [0.2, 0.25) is 5.02 Å². The van der Waals surface area contributed by atoms with E-state index in [2.05, 4.69) is 0 Å². The van der Waals surface area contributed by atoms with Crippen LogP contribution >= 0.6 is 11.6 Å². The summed E-state index contributed by atoms with van der Waals surface area (Å²) in [5.41, 5.74) is 1.04. The number of benzene rings is 1. The molecule has 2 rings (SSSR count). The zero-order valence-corrected chi connectivity index (χ0v) is 8.67. The van der Waals surface area contributed by atoms with Gasteiger partial charge in [-0.25, -0.2) is 0 Å². The summed E-state index contributed by atoms with van der Waals surface area (Å²) in [5.74, 6) is 0.585. The van der Waals surface area contributed by atoms with Crippen LogP contribution in [-0.2, 0) is 0 Å². The Balaban J connectivity index is 2.35. The molecule has 0 saturated heterocycles. The number of hydrogen-bond acceptors (Lipinski definition) is 1. The van der Waals surface area contributed by atoms with Crippen molar-refractivity contribution < 1.29 is 5.11 Å². The molecule has 0 heterocycles. The van der Waals surface area contributed by atoms with Crippen LogP contribution < -0.4 is 0 Å². The molecule has 1 aliphatic carbocycles. The number of aliphatic hydroxyl groups excluding tert-OH is 1. The van der Waals surface area contributed by atoms with Crippen LogP contribution in [0.1, 0.15) is 30.7 Å². The van der Waals surface area contributed by atoms with E-state index in [4.69, 9.17) is 11.6 Å². The topological polar surface area (TPSA) is 20.2 Å². The molecule has 74 valence electrons. The molecule has 1 nitrogen and oxygen atoms in total. The first-order chi connectivity index (χ1) is 6.79. The van der Waals surface area contributed by atoms with E-state index in [1.165, 1.54) is 0 Å². The standard InChI is InChI=1S/C12H13ClO/c13-11-7-3-1-5-9(11)10-6-2-4-8-12(10)14/h1,3,5,7-8,10,14H,2,4,6H2/t10-/m0/s1. The second kappa shape index (κ2) is 4.05. The second-order valence-electron chi connectivity index (χ2n) is 3.63. The van der Waals surface area contributed by atoms with Gasteiger partial charge in [-0.15, -0.1) is 0 Å². The number of halogens is 1. The van der Waals surface area contributed by atoms with E-state index < -0.39 is 0 Å². The van der Waals surface area contributed by atoms with Gasteiger partial charge in [0.25, 0.3) is 0 Å². The molecule has 14 heavy (non-hydrogen) atoms. The molecule has 1 aromatic carbocycles. The monoisotopic (exact) mass is 208 g/mol. The molecule has 1 N–H and O–H groups in total. The summed E-state index contributed by atoms with van der Waals surface area (Å²) in [6.45, 7) is 0. The Hall–Kier alpha value is -0.950. The van der Waals surface area contributed by atoms with Gasteiger partial charge in [-0.05, 0) is 37.0 Å². The van der Waals surface area contributed by atoms with E-state index >= 15 is 0 Å². The predicted molar refractivity (Wildman–Crippen MR) is 58.8 cm³/mol. The molecule has 0 aromatic heterocycles. The molecular weight excluding hydrogens is 196 g/mol. The summed E-state index contributed by atoms with van der Waals surface area (Å²) >= 11 is 6.08. The summed E-state index contributed by atoms with van der Waals surface area (Å²) in [7, 11) is 0. The Labute approximate surface area is 89.0 Å². The average Bonchev–Trinajstić information content (AvgIpc) is 2.20.